The van der Waals surface area contributed by atoms with E-state index in [0.29, 0.717) is 17.8 Å². The molecule has 0 bridgehead atoms. The third-order valence-corrected chi connectivity index (χ3v) is 5.15. The van der Waals surface area contributed by atoms with Crippen LogP contribution >= 0.6 is 0 Å². The summed E-state index contributed by atoms with van der Waals surface area (Å²) in [6, 6.07) is 7.21. The van der Waals surface area contributed by atoms with Gasteiger partial charge < -0.3 is 15.1 Å². The van der Waals surface area contributed by atoms with Gasteiger partial charge in [0.05, 0.1) is 5.69 Å². The minimum Gasteiger partial charge on any atom is -0.476 e. The number of carboxylic acids is 1. The van der Waals surface area contributed by atoms with Gasteiger partial charge in [-0.1, -0.05) is 17.9 Å². The number of likely N-dealkylation sites (tertiary alicyclic amines) is 1. The van der Waals surface area contributed by atoms with Gasteiger partial charge in [0, 0.05) is 36.8 Å². The molecule has 7 nitrogen and oxygen atoms in total. The van der Waals surface area contributed by atoms with Gasteiger partial charge in [-0.05, 0) is 37.5 Å². The Morgan fingerprint density at radius 3 is 2.85 bits per heavy atom. The van der Waals surface area contributed by atoms with Crippen LogP contribution in [-0.2, 0) is 17.6 Å². The zero-order valence-electron chi connectivity index (χ0n) is 14.9. The average Bonchev–Trinajstić information content (AvgIpc) is 3.32. The zero-order chi connectivity index (χ0) is 19.2. The molecule has 0 unspecified atom stereocenters. The van der Waals surface area contributed by atoms with E-state index in [2.05, 4.69) is 16.9 Å². The molecule has 1 aliphatic heterocycles. The van der Waals surface area contributed by atoms with E-state index >= 15 is 0 Å². The molecule has 0 radical (unpaired) electrons. The van der Waals surface area contributed by atoms with Gasteiger partial charge in [-0.2, -0.15) is 5.10 Å². The molecule has 1 aromatic carbocycles. The maximum absolute atomic E-state index is 12.0. The predicted molar refractivity (Wildman–Crippen MR) is 96.6 cm³/mol. The van der Waals surface area contributed by atoms with Gasteiger partial charge in [-0.25, -0.2) is 9.48 Å². The van der Waals surface area contributed by atoms with Gasteiger partial charge in [0.15, 0.2) is 5.69 Å². The van der Waals surface area contributed by atoms with E-state index < -0.39 is 11.6 Å². The maximum atomic E-state index is 12.0. The molecule has 1 atom stereocenters. The van der Waals surface area contributed by atoms with Crippen molar-refractivity contribution in [1.82, 2.24) is 14.7 Å². The van der Waals surface area contributed by atoms with Crippen molar-refractivity contribution in [1.29, 1.82) is 0 Å². The number of aliphatic hydroxyl groups is 1. The fourth-order valence-corrected chi connectivity index (χ4v) is 3.68. The fraction of sp³-hybridized carbons (Fsp3) is 0.350. The third kappa shape index (κ3) is 2.88. The smallest absolute Gasteiger partial charge is 0.356 e. The molecule has 4 rings (SSSR count). The van der Waals surface area contributed by atoms with Gasteiger partial charge in [0.2, 0.25) is 5.60 Å². The highest BCUT2D eigenvalue weighted by Crippen LogP contribution is 2.28. The Labute approximate surface area is 156 Å². The van der Waals surface area contributed by atoms with Crippen molar-refractivity contribution in [2.75, 3.05) is 13.6 Å². The predicted octanol–water partition coefficient (Wildman–Crippen LogP) is 1.00. The molecular weight excluding hydrogens is 346 g/mol. The summed E-state index contributed by atoms with van der Waals surface area (Å²) in [4.78, 5) is 25.0. The van der Waals surface area contributed by atoms with Crippen LogP contribution in [0, 0.1) is 11.8 Å². The summed E-state index contributed by atoms with van der Waals surface area (Å²) < 4.78 is 1.67. The summed E-state index contributed by atoms with van der Waals surface area (Å²) in [6.45, 7) is 0.474. The highest BCUT2D eigenvalue weighted by molar-refractivity contribution is 5.90. The molecule has 1 amide bonds. The van der Waals surface area contributed by atoms with Crippen LogP contribution in [0.3, 0.4) is 0 Å². The molecule has 1 aromatic heterocycles. The SMILES string of the molecule is CN1CC[C@@](O)(C#Cc2cccc(-n3nc(C(=O)O)c4c3CCC4)c2)C1=O. The van der Waals surface area contributed by atoms with E-state index in [9.17, 15) is 19.8 Å². The van der Waals surface area contributed by atoms with Gasteiger partial charge in [-0.3, -0.25) is 4.79 Å². The standard InChI is InChI=1S/C20H19N3O4/c1-22-11-10-20(27,19(22)26)9-8-13-4-2-5-14(12-13)23-16-7-3-6-15(16)17(21-23)18(24)25/h2,4-5,12,27H,3,6-7,10-11H2,1H3,(H,24,25)/t20-/m0/s1. The number of aromatic carboxylic acids is 1. The van der Waals surface area contributed by atoms with Crippen LogP contribution < -0.4 is 0 Å². The highest BCUT2D eigenvalue weighted by Gasteiger charge is 2.42. The first-order chi connectivity index (χ1) is 12.9. The fourth-order valence-electron chi connectivity index (χ4n) is 3.68. The largest absolute Gasteiger partial charge is 0.476 e. The number of hydrogen-bond donors (Lipinski definition) is 2. The van der Waals surface area contributed by atoms with Crippen LogP contribution in [0.2, 0.25) is 0 Å². The lowest BCUT2D eigenvalue weighted by molar-refractivity contribution is -0.137. The van der Waals surface area contributed by atoms with E-state index in [1.807, 2.05) is 6.07 Å². The van der Waals surface area contributed by atoms with Gasteiger partial charge in [0.25, 0.3) is 5.91 Å². The molecule has 138 valence electrons. The Kier molecular flexibility index (Phi) is 4.01. The topological polar surface area (TPSA) is 95.7 Å². The number of fused-ring (bicyclic) bond motifs is 1. The Morgan fingerprint density at radius 1 is 1.33 bits per heavy atom. The quantitative estimate of drug-likeness (QED) is 0.775. The lowest BCUT2D eigenvalue weighted by atomic mass is 10.0. The van der Waals surface area contributed by atoms with Crippen molar-refractivity contribution in [2.45, 2.75) is 31.3 Å². The number of benzene rings is 1. The van der Waals surface area contributed by atoms with Gasteiger partial charge in [0.1, 0.15) is 0 Å². The molecule has 2 N–H and O–H groups in total. The number of rotatable bonds is 2. The summed E-state index contributed by atoms with van der Waals surface area (Å²) in [5.41, 5.74) is 1.52. The Balaban J connectivity index is 1.70. The van der Waals surface area contributed by atoms with Crippen LogP contribution in [-0.4, -0.2) is 56.0 Å². The zero-order valence-corrected chi connectivity index (χ0v) is 14.9. The molecule has 7 heteroatoms. The van der Waals surface area contributed by atoms with E-state index in [1.165, 1.54) is 4.90 Å². The number of carbonyl (C=O) groups is 2. The average molecular weight is 365 g/mol. The van der Waals surface area contributed by atoms with Gasteiger partial charge in [-0.15, -0.1) is 0 Å². The van der Waals surface area contributed by atoms with Crippen LogP contribution in [0.4, 0.5) is 0 Å². The van der Waals surface area contributed by atoms with Crippen molar-refractivity contribution >= 4 is 11.9 Å². The number of hydrogen-bond acceptors (Lipinski definition) is 4. The van der Waals surface area contributed by atoms with Crippen molar-refractivity contribution in [3.8, 4) is 17.5 Å². The number of carbonyl (C=O) groups excluding carboxylic acids is 1. The number of nitrogens with zero attached hydrogens (tertiary/aromatic N) is 3. The maximum Gasteiger partial charge on any atom is 0.356 e. The number of likely N-dealkylation sites (N-methyl/N-ethyl adjacent to an activating group) is 1. The summed E-state index contributed by atoms with van der Waals surface area (Å²) in [5.74, 6) is 4.17. The Morgan fingerprint density at radius 2 is 2.15 bits per heavy atom. The van der Waals surface area contributed by atoms with Crippen molar-refractivity contribution in [2.24, 2.45) is 0 Å². The lowest BCUT2D eigenvalue weighted by Crippen LogP contribution is -2.37. The molecule has 1 fully saturated rings. The first-order valence-electron chi connectivity index (χ1n) is 8.85. The van der Waals surface area contributed by atoms with Crippen LogP contribution in [0.25, 0.3) is 5.69 Å². The Hall–Kier alpha value is -3.11. The summed E-state index contributed by atoms with van der Waals surface area (Å²) >= 11 is 0. The molecule has 1 aliphatic carbocycles. The molecule has 0 spiro atoms. The first kappa shape index (κ1) is 17.3. The summed E-state index contributed by atoms with van der Waals surface area (Å²) in [7, 11) is 1.64. The van der Waals surface area contributed by atoms with E-state index in [-0.39, 0.29) is 18.0 Å². The molecule has 1 saturated heterocycles. The first-order valence-corrected chi connectivity index (χ1v) is 8.85. The van der Waals surface area contributed by atoms with Crippen LogP contribution in [0.1, 0.15) is 40.2 Å². The molecular formula is C20H19N3O4. The molecule has 2 aliphatic rings. The molecule has 2 heterocycles. The second kappa shape index (κ2) is 6.25. The van der Waals surface area contributed by atoms with Crippen molar-refractivity contribution in [3.63, 3.8) is 0 Å². The van der Waals surface area contributed by atoms with Crippen LogP contribution in [0.15, 0.2) is 24.3 Å². The van der Waals surface area contributed by atoms with Gasteiger partial charge >= 0.3 is 5.97 Å². The van der Waals surface area contributed by atoms with E-state index in [0.717, 1.165) is 30.5 Å². The summed E-state index contributed by atoms with van der Waals surface area (Å²) in [5, 5.41) is 24.1. The lowest BCUT2D eigenvalue weighted by Gasteiger charge is -2.13. The second-order valence-electron chi connectivity index (χ2n) is 6.98. The molecule has 2 aromatic rings. The minimum atomic E-state index is -1.64. The normalized spacial score (nSPS) is 21.1. The monoisotopic (exact) mass is 365 g/mol. The van der Waals surface area contributed by atoms with Crippen molar-refractivity contribution < 1.29 is 19.8 Å². The third-order valence-electron chi connectivity index (χ3n) is 5.15. The second-order valence-corrected chi connectivity index (χ2v) is 6.98. The number of aromatic nitrogens is 2. The molecule has 27 heavy (non-hydrogen) atoms. The Bertz CT molecular complexity index is 1010. The number of carboxylic acid groups (broad SMARTS) is 1. The summed E-state index contributed by atoms with van der Waals surface area (Å²) in [6.07, 6.45) is 2.70. The number of amides is 1. The van der Waals surface area contributed by atoms with Crippen LogP contribution in [0.5, 0.6) is 0 Å². The minimum absolute atomic E-state index is 0.105. The van der Waals surface area contributed by atoms with Crippen molar-refractivity contribution in [3.05, 3.63) is 46.8 Å². The molecule has 0 saturated carbocycles. The highest BCUT2D eigenvalue weighted by atomic mass is 16.4. The van der Waals surface area contributed by atoms with E-state index in [1.54, 1.807) is 29.9 Å². The van der Waals surface area contributed by atoms with E-state index in [4.69, 9.17) is 0 Å².